The number of carbonyl (C=O) groups is 1. The minimum Gasteiger partial charge on any atom is -0.484 e. The van der Waals surface area contributed by atoms with Crippen LogP contribution in [0.25, 0.3) is 0 Å². The third-order valence-electron chi connectivity index (χ3n) is 2.75. The number of hydrogen-bond acceptors (Lipinski definition) is 3. The molecular weight excluding hydrogens is 278 g/mol. The van der Waals surface area contributed by atoms with Gasteiger partial charge in [-0.1, -0.05) is 11.6 Å². The molecule has 0 unspecified atom stereocenters. The molecule has 0 radical (unpaired) electrons. The molecule has 1 amide bonds. The number of rotatable bonds is 5. The van der Waals surface area contributed by atoms with Crippen LogP contribution in [0.5, 0.6) is 5.75 Å². The van der Waals surface area contributed by atoms with Crippen LogP contribution in [0, 0.1) is 6.92 Å². The van der Waals surface area contributed by atoms with E-state index in [0.717, 1.165) is 11.4 Å². The first-order valence-electron chi connectivity index (χ1n) is 6.19. The summed E-state index contributed by atoms with van der Waals surface area (Å²) in [6, 6.07) is 8.81. The van der Waals surface area contributed by atoms with E-state index in [1.54, 1.807) is 28.9 Å². The molecule has 0 atom stereocenters. The average molecular weight is 294 g/mol. The number of ether oxygens (including phenoxy) is 1. The molecule has 5 nitrogen and oxygen atoms in total. The second kappa shape index (κ2) is 6.43. The number of halogens is 1. The van der Waals surface area contributed by atoms with Gasteiger partial charge in [-0.3, -0.25) is 9.48 Å². The zero-order valence-corrected chi connectivity index (χ0v) is 12.1. The van der Waals surface area contributed by atoms with E-state index in [1.807, 2.05) is 20.0 Å². The van der Waals surface area contributed by atoms with E-state index in [2.05, 4.69) is 10.4 Å². The Morgan fingerprint density at radius 1 is 1.40 bits per heavy atom. The normalized spacial score (nSPS) is 10.3. The van der Waals surface area contributed by atoms with Gasteiger partial charge in [-0.15, -0.1) is 0 Å². The third-order valence-corrected chi connectivity index (χ3v) is 3.00. The van der Waals surface area contributed by atoms with Crippen LogP contribution in [0.1, 0.15) is 11.4 Å². The Morgan fingerprint density at radius 2 is 2.10 bits per heavy atom. The van der Waals surface area contributed by atoms with Crippen molar-refractivity contribution in [2.75, 3.05) is 6.61 Å². The fraction of sp³-hybridized carbons (Fsp3) is 0.286. The summed E-state index contributed by atoms with van der Waals surface area (Å²) in [4.78, 5) is 11.7. The predicted molar refractivity (Wildman–Crippen MR) is 76.7 cm³/mol. The van der Waals surface area contributed by atoms with Gasteiger partial charge in [-0.2, -0.15) is 5.10 Å². The number of amides is 1. The highest BCUT2D eigenvalue weighted by molar-refractivity contribution is 6.30. The summed E-state index contributed by atoms with van der Waals surface area (Å²) in [5, 5.41) is 7.63. The van der Waals surface area contributed by atoms with Crippen molar-refractivity contribution in [1.29, 1.82) is 0 Å². The molecule has 2 aromatic rings. The van der Waals surface area contributed by atoms with Crippen molar-refractivity contribution in [2.45, 2.75) is 13.5 Å². The molecular formula is C14H16ClN3O2. The SMILES string of the molecule is Cc1cc(CNC(=O)COc2ccc(Cl)cc2)n(C)n1. The molecule has 106 valence electrons. The van der Waals surface area contributed by atoms with Crippen LogP contribution in [0.4, 0.5) is 0 Å². The summed E-state index contributed by atoms with van der Waals surface area (Å²) < 4.78 is 7.10. The third kappa shape index (κ3) is 3.99. The van der Waals surface area contributed by atoms with E-state index < -0.39 is 0 Å². The number of nitrogens with one attached hydrogen (secondary N) is 1. The Bertz CT molecular complexity index is 593. The van der Waals surface area contributed by atoms with Crippen molar-refractivity contribution in [2.24, 2.45) is 7.05 Å². The largest absolute Gasteiger partial charge is 0.484 e. The maximum atomic E-state index is 11.7. The highest BCUT2D eigenvalue weighted by Gasteiger charge is 2.06. The zero-order chi connectivity index (χ0) is 14.5. The molecule has 1 aromatic heterocycles. The van der Waals surface area contributed by atoms with Gasteiger partial charge in [0.05, 0.1) is 17.9 Å². The molecule has 20 heavy (non-hydrogen) atoms. The molecule has 0 bridgehead atoms. The van der Waals surface area contributed by atoms with Crippen molar-refractivity contribution >= 4 is 17.5 Å². The van der Waals surface area contributed by atoms with Crippen LogP contribution in [-0.4, -0.2) is 22.3 Å². The van der Waals surface area contributed by atoms with Crippen molar-refractivity contribution in [1.82, 2.24) is 15.1 Å². The van der Waals surface area contributed by atoms with Crippen LogP contribution < -0.4 is 10.1 Å². The monoisotopic (exact) mass is 293 g/mol. The number of carbonyl (C=O) groups excluding carboxylic acids is 1. The second-order valence-corrected chi connectivity index (χ2v) is 4.86. The lowest BCUT2D eigenvalue weighted by Crippen LogP contribution is -2.29. The summed E-state index contributed by atoms with van der Waals surface area (Å²) >= 11 is 5.77. The molecule has 1 heterocycles. The number of aromatic nitrogens is 2. The van der Waals surface area contributed by atoms with Gasteiger partial charge in [0.15, 0.2) is 6.61 Å². The minimum atomic E-state index is -0.182. The average Bonchev–Trinajstić information content (AvgIpc) is 2.74. The van der Waals surface area contributed by atoms with Gasteiger partial charge in [0.2, 0.25) is 0 Å². The molecule has 2 rings (SSSR count). The lowest BCUT2D eigenvalue weighted by atomic mass is 10.3. The summed E-state index contributed by atoms with van der Waals surface area (Å²) in [6.45, 7) is 2.31. The van der Waals surface area contributed by atoms with E-state index in [4.69, 9.17) is 16.3 Å². The lowest BCUT2D eigenvalue weighted by molar-refractivity contribution is -0.123. The Hall–Kier alpha value is -2.01. The van der Waals surface area contributed by atoms with Crippen LogP contribution >= 0.6 is 11.6 Å². The maximum absolute atomic E-state index is 11.7. The van der Waals surface area contributed by atoms with Gasteiger partial charge in [0, 0.05) is 12.1 Å². The molecule has 6 heteroatoms. The molecule has 0 saturated heterocycles. The minimum absolute atomic E-state index is 0.0293. The first-order valence-corrected chi connectivity index (χ1v) is 6.57. The fourth-order valence-electron chi connectivity index (χ4n) is 1.75. The first kappa shape index (κ1) is 14.4. The summed E-state index contributed by atoms with van der Waals surface area (Å²) in [6.07, 6.45) is 0. The Labute approximate surface area is 122 Å². The fourth-order valence-corrected chi connectivity index (χ4v) is 1.88. The quantitative estimate of drug-likeness (QED) is 0.918. The van der Waals surface area contributed by atoms with E-state index in [-0.39, 0.29) is 12.5 Å². The highest BCUT2D eigenvalue weighted by Crippen LogP contribution is 2.15. The number of nitrogens with zero attached hydrogens (tertiary/aromatic N) is 2. The molecule has 0 aliphatic carbocycles. The van der Waals surface area contributed by atoms with E-state index >= 15 is 0 Å². The Balaban J connectivity index is 1.78. The van der Waals surface area contributed by atoms with Gasteiger partial charge in [-0.05, 0) is 37.3 Å². The molecule has 0 saturated carbocycles. The number of aryl methyl sites for hydroxylation is 2. The van der Waals surface area contributed by atoms with Crippen molar-refractivity contribution in [3.8, 4) is 5.75 Å². The smallest absolute Gasteiger partial charge is 0.258 e. The molecule has 0 fully saturated rings. The van der Waals surface area contributed by atoms with Gasteiger partial charge < -0.3 is 10.1 Å². The van der Waals surface area contributed by atoms with Gasteiger partial charge in [0.25, 0.3) is 5.91 Å². The standard InChI is InChI=1S/C14H16ClN3O2/c1-10-7-12(18(2)17-10)8-16-14(19)9-20-13-5-3-11(15)4-6-13/h3-7H,8-9H2,1-2H3,(H,16,19). The zero-order valence-electron chi connectivity index (χ0n) is 11.4. The van der Waals surface area contributed by atoms with Crippen molar-refractivity contribution < 1.29 is 9.53 Å². The Kier molecular flexibility index (Phi) is 4.63. The Morgan fingerprint density at radius 3 is 2.70 bits per heavy atom. The molecule has 1 aromatic carbocycles. The molecule has 1 N–H and O–H groups in total. The second-order valence-electron chi connectivity index (χ2n) is 4.42. The van der Waals surface area contributed by atoms with E-state index in [9.17, 15) is 4.79 Å². The van der Waals surface area contributed by atoms with Crippen LogP contribution in [-0.2, 0) is 18.4 Å². The lowest BCUT2D eigenvalue weighted by Gasteiger charge is -2.07. The highest BCUT2D eigenvalue weighted by atomic mass is 35.5. The van der Waals surface area contributed by atoms with Crippen LogP contribution in [0.3, 0.4) is 0 Å². The number of hydrogen-bond donors (Lipinski definition) is 1. The van der Waals surface area contributed by atoms with Crippen molar-refractivity contribution in [3.63, 3.8) is 0 Å². The molecule has 0 aliphatic rings. The summed E-state index contributed by atoms with van der Waals surface area (Å²) in [5.41, 5.74) is 1.87. The molecule has 0 aliphatic heterocycles. The topological polar surface area (TPSA) is 56.1 Å². The van der Waals surface area contributed by atoms with E-state index in [0.29, 0.717) is 17.3 Å². The van der Waals surface area contributed by atoms with Gasteiger partial charge in [0.1, 0.15) is 5.75 Å². The number of benzene rings is 1. The predicted octanol–water partition coefficient (Wildman–Crippen LogP) is 2.08. The van der Waals surface area contributed by atoms with Crippen LogP contribution in [0.2, 0.25) is 5.02 Å². The summed E-state index contributed by atoms with van der Waals surface area (Å²) in [5.74, 6) is 0.430. The van der Waals surface area contributed by atoms with E-state index in [1.165, 1.54) is 0 Å². The van der Waals surface area contributed by atoms with Crippen LogP contribution in [0.15, 0.2) is 30.3 Å². The van der Waals surface area contributed by atoms with Gasteiger partial charge >= 0.3 is 0 Å². The first-order chi connectivity index (χ1) is 9.54. The summed E-state index contributed by atoms with van der Waals surface area (Å²) in [7, 11) is 1.85. The molecule has 0 spiro atoms. The maximum Gasteiger partial charge on any atom is 0.258 e. The van der Waals surface area contributed by atoms with Crippen molar-refractivity contribution in [3.05, 3.63) is 46.7 Å². The van der Waals surface area contributed by atoms with Gasteiger partial charge in [-0.25, -0.2) is 0 Å².